The average Bonchev–Trinajstić information content (AvgIpc) is 2.40. The molecule has 0 aliphatic heterocycles. The Kier molecular flexibility index (Phi) is 2.76. The first kappa shape index (κ1) is 11.8. The SMILES string of the molecule is O=c1oc(-c2cccnc2F)nc2ccc(Cl)cc12. The van der Waals surface area contributed by atoms with Crippen LogP contribution in [0.4, 0.5) is 4.39 Å². The maximum absolute atomic E-state index is 13.5. The third kappa shape index (κ3) is 2.08. The molecule has 3 rings (SSSR count). The van der Waals surface area contributed by atoms with Gasteiger partial charge in [0.2, 0.25) is 11.8 Å². The molecule has 0 amide bonds. The van der Waals surface area contributed by atoms with E-state index in [1.807, 2.05) is 0 Å². The second-order valence-electron chi connectivity index (χ2n) is 3.81. The molecular formula is C13H6ClFN2O2. The van der Waals surface area contributed by atoms with Crippen LogP contribution in [-0.2, 0) is 0 Å². The highest BCUT2D eigenvalue weighted by atomic mass is 35.5. The van der Waals surface area contributed by atoms with Crippen molar-refractivity contribution >= 4 is 22.5 Å². The van der Waals surface area contributed by atoms with Gasteiger partial charge in [-0.25, -0.2) is 14.8 Å². The minimum absolute atomic E-state index is 0.0384. The van der Waals surface area contributed by atoms with Gasteiger partial charge in [0.1, 0.15) is 0 Å². The molecule has 0 N–H and O–H groups in total. The largest absolute Gasteiger partial charge is 0.403 e. The fourth-order valence-corrected chi connectivity index (χ4v) is 1.88. The quantitative estimate of drug-likeness (QED) is 0.641. The van der Waals surface area contributed by atoms with Crippen LogP contribution in [0.25, 0.3) is 22.4 Å². The second kappa shape index (κ2) is 4.44. The van der Waals surface area contributed by atoms with Crippen LogP contribution in [0.15, 0.2) is 45.7 Å². The van der Waals surface area contributed by atoms with Crippen molar-refractivity contribution in [2.24, 2.45) is 0 Å². The maximum Gasteiger partial charge on any atom is 0.347 e. The number of hydrogen-bond donors (Lipinski definition) is 0. The van der Waals surface area contributed by atoms with Crippen molar-refractivity contribution in [2.75, 3.05) is 0 Å². The molecule has 0 spiro atoms. The summed E-state index contributed by atoms with van der Waals surface area (Å²) in [5.41, 5.74) is -0.193. The minimum atomic E-state index is -0.744. The van der Waals surface area contributed by atoms with Crippen molar-refractivity contribution in [2.45, 2.75) is 0 Å². The molecule has 3 aromatic rings. The molecule has 2 heterocycles. The molecular weight excluding hydrogens is 271 g/mol. The van der Waals surface area contributed by atoms with E-state index in [4.69, 9.17) is 16.0 Å². The van der Waals surface area contributed by atoms with Crippen LogP contribution in [0.1, 0.15) is 0 Å². The van der Waals surface area contributed by atoms with Crippen molar-refractivity contribution in [3.8, 4) is 11.5 Å². The van der Waals surface area contributed by atoms with Crippen molar-refractivity contribution < 1.29 is 8.81 Å². The minimum Gasteiger partial charge on any atom is -0.403 e. The van der Waals surface area contributed by atoms with Gasteiger partial charge in [0.25, 0.3) is 0 Å². The lowest BCUT2D eigenvalue weighted by molar-refractivity contribution is 0.507. The number of rotatable bonds is 1. The van der Waals surface area contributed by atoms with E-state index in [1.54, 1.807) is 12.1 Å². The molecule has 6 heteroatoms. The van der Waals surface area contributed by atoms with Gasteiger partial charge in [0, 0.05) is 11.2 Å². The molecule has 0 radical (unpaired) electrons. The number of benzene rings is 1. The first-order valence-electron chi connectivity index (χ1n) is 5.36. The van der Waals surface area contributed by atoms with E-state index in [0.29, 0.717) is 10.5 Å². The van der Waals surface area contributed by atoms with Gasteiger partial charge in [0.15, 0.2) is 0 Å². The monoisotopic (exact) mass is 276 g/mol. The van der Waals surface area contributed by atoms with Crippen molar-refractivity contribution in [3.63, 3.8) is 0 Å². The zero-order valence-corrected chi connectivity index (χ0v) is 10.2. The normalized spacial score (nSPS) is 10.8. The van der Waals surface area contributed by atoms with Gasteiger partial charge in [-0.05, 0) is 30.3 Å². The predicted octanol–water partition coefficient (Wildman–Crippen LogP) is 3.04. The van der Waals surface area contributed by atoms with E-state index in [2.05, 4.69) is 9.97 Å². The van der Waals surface area contributed by atoms with Crippen LogP contribution < -0.4 is 5.63 Å². The summed E-state index contributed by atoms with van der Waals surface area (Å²) >= 11 is 5.79. The Labute approximate surface area is 111 Å². The van der Waals surface area contributed by atoms with Gasteiger partial charge in [0.05, 0.1) is 16.5 Å². The molecule has 0 bridgehead atoms. The van der Waals surface area contributed by atoms with E-state index in [0.717, 1.165) is 0 Å². The van der Waals surface area contributed by atoms with Gasteiger partial charge in [-0.15, -0.1) is 0 Å². The fraction of sp³-hybridized carbons (Fsp3) is 0. The Morgan fingerprint density at radius 3 is 2.89 bits per heavy atom. The van der Waals surface area contributed by atoms with Gasteiger partial charge in [-0.1, -0.05) is 11.6 Å². The van der Waals surface area contributed by atoms with Crippen LogP contribution in [0.2, 0.25) is 5.02 Å². The molecule has 19 heavy (non-hydrogen) atoms. The maximum atomic E-state index is 13.5. The predicted molar refractivity (Wildman–Crippen MR) is 68.5 cm³/mol. The van der Waals surface area contributed by atoms with E-state index in [-0.39, 0.29) is 16.8 Å². The number of pyridine rings is 1. The number of fused-ring (bicyclic) bond motifs is 1. The number of nitrogens with zero attached hydrogens (tertiary/aromatic N) is 2. The van der Waals surface area contributed by atoms with Crippen LogP contribution in [0.5, 0.6) is 0 Å². The smallest absolute Gasteiger partial charge is 0.347 e. The summed E-state index contributed by atoms with van der Waals surface area (Å²) in [7, 11) is 0. The highest BCUT2D eigenvalue weighted by Crippen LogP contribution is 2.21. The molecule has 0 atom stereocenters. The summed E-state index contributed by atoms with van der Waals surface area (Å²) < 4.78 is 18.5. The first-order valence-corrected chi connectivity index (χ1v) is 5.74. The van der Waals surface area contributed by atoms with Crippen molar-refractivity contribution in [1.82, 2.24) is 9.97 Å². The Balaban J connectivity index is 2.31. The Bertz CT molecular complexity index is 832. The van der Waals surface area contributed by atoms with E-state index >= 15 is 0 Å². The number of aromatic nitrogens is 2. The highest BCUT2D eigenvalue weighted by Gasteiger charge is 2.13. The van der Waals surface area contributed by atoms with Gasteiger partial charge < -0.3 is 4.42 Å². The molecule has 0 saturated carbocycles. The standard InChI is InChI=1S/C13H6ClFN2O2/c14-7-3-4-10-9(6-7)13(18)19-12(17-10)8-2-1-5-16-11(8)15/h1-6H. The molecule has 0 unspecified atom stereocenters. The number of halogens is 2. The van der Waals surface area contributed by atoms with Gasteiger partial charge in [-0.2, -0.15) is 4.39 Å². The average molecular weight is 277 g/mol. The third-order valence-corrected chi connectivity index (χ3v) is 2.81. The summed E-state index contributed by atoms with van der Waals surface area (Å²) in [5, 5.41) is 0.655. The van der Waals surface area contributed by atoms with E-state index in [9.17, 15) is 9.18 Å². The topological polar surface area (TPSA) is 56.0 Å². The zero-order valence-electron chi connectivity index (χ0n) is 9.43. The van der Waals surface area contributed by atoms with Crippen molar-refractivity contribution in [1.29, 1.82) is 0 Å². The van der Waals surface area contributed by atoms with Crippen LogP contribution in [0, 0.1) is 5.95 Å². The molecule has 0 saturated heterocycles. The molecule has 4 nitrogen and oxygen atoms in total. The lowest BCUT2D eigenvalue weighted by Gasteiger charge is -2.02. The molecule has 94 valence electrons. The highest BCUT2D eigenvalue weighted by molar-refractivity contribution is 6.31. The molecule has 2 aromatic heterocycles. The van der Waals surface area contributed by atoms with E-state index in [1.165, 1.54) is 24.4 Å². The fourth-order valence-electron chi connectivity index (χ4n) is 1.71. The lowest BCUT2D eigenvalue weighted by Crippen LogP contribution is -2.03. The summed E-state index contributed by atoms with van der Waals surface area (Å²) in [5.74, 6) is -0.850. The summed E-state index contributed by atoms with van der Waals surface area (Å²) in [6.45, 7) is 0. The Hall–Kier alpha value is -2.27. The molecule has 0 fully saturated rings. The van der Waals surface area contributed by atoms with Gasteiger partial charge >= 0.3 is 5.63 Å². The first-order chi connectivity index (χ1) is 9.15. The van der Waals surface area contributed by atoms with Gasteiger partial charge in [-0.3, -0.25) is 0 Å². The number of hydrogen-bond acceptors (Lipinski definition) is 4. The summed E-state index contributed by atoms with van der Waals surface area (Å²) in [6, 6.07) is 7.60. The second-order valence-corrected chi connectivity index (χ2v) is 4.25. The molecule has 1 aromatic carbocycles. The lowest BCUT2D eigenvalue weighted by atomic mass is 10.2. The third-order valence-electron chi connectivity index (χ3n) is 2.58. The van der Waals surface area contributed by atoms with Crippen LogP contribution >= 0.6 is 11.6 Å². The zero-order chi connectivity index (χ0) is 13.4. The van der Waals surface area contributed by atoms with E-state index < -0.39 is 11.6 Å². The van der Waals surface area contributed by atoms with Crippen LogP contribution in [0.3, 0.4) is 0 Å². The molecule has 0 aliphatic rings. The molecule has 0 aliphatic carbocycles. The Morgan fingerprint density at radius 2 is 2.11 bits per heavy atom. The summed E-state index contributed by atoms with van der Waals surface area (Å²) in [6.07, 6.45) is 1.30. The van der Waals surface area contributed by atoms with Crippen molar-refractivity contribution in [3.05, 3.63) is 57.9 Å². The summed E-state index contributed by atoms with van der Waals surface area (Å²) in [4.78, 5) is 19.4. The van der Waals surface area contributed by atoms with Crippen LogP contribution in [-0.4, -0.2) is 9.97 Å². The Morgan fingerprint density at radius 1 is 1.26 bits per heavy atom.